The lowest BCUT2D eigenvalue weighted by Gasteiger charge is -2.50. The smallest absolute Gasteiger partial charge is 0.244 e. The van der Waals surface area contributed by atoms with Gasteiger partial charge in [0.1, 0.15) is 4.90 Å². The van der Waals surface area contributed by atoms with Gasteiger partial charge in [0.2, 0.25) is 15.9 Å². The fourth-order valence-electron chi connectivity index (χ4n) is 5.52. The summed E-state index contributed by atoms with van der Waals surface area (Å²) in [6.45, 7) is 1.68. The molecule has 1 N–H and O–H groups in total. The van der Waals surface area contributed by atoms with Gasteiger partial charge in [0, 0.05) is 37.9 Å². The molecule has 1 aromatic rings. The molecule has 0 bridgehead atoms. The Morgan fingerprint density at radius 1 is 1.12 bits per heavy atom. The first kappa shape index (κ1) is 23.8. The number of sulfonamides is 1. The zero-order valence-corrected chi connectivity index (χ0v) is 20.7. The Bertz CT molecular complexity index is 931. The van der Waals surface area contributed by atoms with Crippen LogP contribution in [0, 0.1) is 5.41 Å². The second-order valence-corrected chi connectivity index (χ2v) is 12.3. The lowest BCUT2D eigenvalue weighted by Crippen LogP contribution is -2.52. The van der Waals surface area contributed by atoms with Gasteiger partial charge in [-0.25, -0.2) is 8.42 Å². The highest BCUT2D eigenvalue weighted by Crippen LogP contribution is 2.52. The molecule has 1 heterocycles. The molecule has 0 atom stereocenters. The third-order valence-corrected chi connectivity index (χ3v) is 9.62. The molecule has 0 unspecified atom stereocenters. The van der Waals surface area contributed by atoms with Crippen LogP contribution < -0.4 is 5.32 Å². The Kier molecular flexibility index (Phi) is 7.05. The summed E-state index contributed by atoms with van der Waals surface area (Å²) < 4.78 is 27.8. The maximum Gasteiger partial charge on any atom is 0.244 e. The number of piperazine rings is 1. The molecular formula is C23H35ClN4O3S. The molecule has 178 valence electrons. The molecule has 1 saturated heterocycles. The number of nitrogens with one attached hydrogen (secondary N) is 1. The van der Waals surface area contributed by atoms with Gasteiger partial charge >= 0.3 is 0 Å². The van der Waals surface area contributed by atoms with Crippen LogP contribution in [0.5, 0.6) is 0 Å². The van der Waals surface area contributed by atoms with Crippen molar-refractivity contribution in [1.29, 1.82) is 0 Å². The number of rotatable bonds is 6. The van der Waals surface area contributed by atoms with E-state index in [-0.39, 0.29) is 28.9 Å². The molecule has 1 aromatic carbocycles. The topological polar surface area (TPSA) is 73.0 Å². The number of benzene rings is 1. The minimum Gasteiger partial charge on any atom is -0.382 e. The quantitative estimate of drug-likeness (QED) is 0.673. The predicted molar refractivity (Wildman–Crippen MR) is 128 cm³/mol. The number of carbonyl (C=O) groups excluding carboxylic acids is 1. The number of hydrogen-bond acceptors (Lipinski definition) is 5. The van der Waals surface area contributed by atoms with E-state index >= 15 is 0 Å². The Balaban J connectivity index is 1.35. The zero-order chi connectivity index (χ0) is 22.9. The molecule has 9 heteroatoms. The number of hydrogen-bond donors (Lipinski definition) is 1. The third kappa shape index (κ3) is 5.08. The average molecular weight is 483 g/mol. The Hall–Kier alpha value is -1.35. The molecule has 1 amide bonds. The predicted octanol–water partition coefficient (Wildman–Crippen LogP) is 3.26. The van der Waals surface area contributed by atoms with E-state index in [0.29, 0.717) is 31.1 Å². The zero-order valence-electron chi connectivity index (χ0n) is 19.1. The summed E-state index contributed by atoms with van der Waals surface area (Å²) in [6, 6.07) is 5.61. The van der Waals surface area contributed by atoms with Crippen LogP contribution in [0.2, 0.25) is 5.02 Å². The maximum absolute atomic E-state index is 13.2. The van der Waals surface area contributed by atoms with Crippen molar-refractivity contribution in [3.63, 3.8) is 0 Å². The molecule has 0 aromatic heterocycles. The maximum atomic E-state index is 13.2. The van der Waals surface area contributed by atoms with Gasteiger partial charge in [-0.05, 0) is 63.4 Å². The molecule has 7 nitrogen and oxygen atoms in total. The van der Waals surface area contributed by atoms with E-state index in [1.165, 1.54) is 49.3 Å². The van der Waals surface area contributed by atoms with Crippen molar-refractivity contribution < 1.29 is 13.2 Å². The molecule has 4 rings (SSSR count). The normalized spacial score (nSPS) is 22.2. The monoisotopic (exact) mass is 482 g/mol. The fourth-order valence-corrected chi connectivity index (χ4v) is 7.46. The number of amides is 1. The van der Waals surface area contributed by atoms with Crippen LogP contribution in [0.3, 0.4) is 0 Å². The van der Waals surface area contributed by atoms with E-state index < -0.39 is 10.0 Å². The molecule has 1 aliphatic heterocycles. The Morgan fingerprint density at radius 3 is 2.38 bits per heavy atom. The van der Waals surface area contributed by atoms with Crippen LogP contribution in [0.4, 0.5) is 5.69 Å². The second-order valence-electron chi connectivity index (χ2n) is 9.98. The van der Waals surface area contributed by atoms with Crippen LogP contribution >= 0.6 is 11.6 Å². The van der Waals surface area contributed by atoms with Gasteiger partial charge in [0.15, 0.2) is 0 Å². The van der Waals surface area contributed by atoms with E-state index in [0.717, 1.165) is 5.69 Å². The number of nitrogens with zero attached hydrogens (tertiary/aromatic N) is 3. The van der Waals surface area contributed by atoms with Gasteiger partial charge in [-0.3, -0.25) is 4.79 Å². The SMILES string of the molecule is CN(C)CC(=O)N1CCN(S(=O)(=O)c2ccc(NC3CC4(CCCCC4)C3)cc2Cl)CC1. The molecule has 32 heavy (non-hydrogen) atoms. The van der Waals surface area contributed by atoms with Gasteiger partial charge in [-0.2, -0.15) is 4.31 Å². The summed E-state index contributed by atoms with van der Waals surface area (Å²) >= 11 is 6.44. The average Bonchev–Trinajstić information content (AvgIpc) is 2.73. The van der Waals surface area contributed by atoms with Gasteiger partial charge in [0.05, 0.1) is 11.6 Å². The Labute approximate surface area is 197 Å². The summed E-state index contributed by atoms with van der Waals surface area (Å²) in [5, 5.41) is 3.79. The first-order valence-corrected chi connectivity index (χ1v) is 13.5. The van der Waals surface area contributed by atoms with Crippen molar-refractivity contribution in [3.05, 3.63) is 23.2 Å². The van der Waals surface area contributed by atoms with E-state index in [4.69, 9.17) is 11.6 Å². The minimum absolute atomic E-state index is 0.0199. The standard InChI is InChI=1S/C23H35ClN4O3S/c1-26(2)17-22(29)27-10-12-28(13-11-27)32(30,31)21-7-6-18(14-20(21)24)25-19-15-23(16-19)8-4-3-5-9-23/h6-7,14,19,25H,3-5,8-13,15-17H2,1-2H3. The number of carbonyl (C=O) groups is 1. The summed E-state index contributed by atoms with van der Waals surface area (Å²) in [6.07, 6.45) is 9.15. The highest BCUT2D eigenvalue weighted by molar-refractivity contribution is 7.89. The molecular weight excluding hydrogens is 448 g/mol. The van der Waals surface area contributed by atoms with Crippen molar-refractivity contribution >= 4 is 33.2 Å². The third-order valence-electron chi connectivity index (χ3n) is 7.24. The van der Waals surface area contributed by atoms with E-state index in [2.05, 4.69) is 5.32 Å². The van der Waals surface area contributed by atoms with Gasteiger partial charge in [0.25, 0.3) is 0 Å². The van der Waals surface area contributed by atoms with Crippen molar-refractivity contribution in [2.75, 3.05) is 52.1 Å². The van der Waals surface area contributed by atoms with Gasteiger partial charge < -0.3 is 15.1 Å². The summed E-state index contributed by atoms with van der Waals surface area (Å²) in [5.74, 6) is 0.0199. The molecule has 3 fully saturated rings. The lowest BCUT2D eigenvalue weighted by atomic mass is 9.58. The first-order chi connectivity index (χ1) is 15.2. The summed E-state index contributed by atoms with van der Waals surface area (Å²) in [4.78, 5) is 15.9. The molecule has 3 aliphatic rings. The van der Waals surface area contributed by atoms with E-state index in [1.807, 2.05) is 25.1 Å². The molecule has 2 saturated carbocycles. The highest BCUT2D eigenvalue weighted by atomic mass is 35.5. The van der Waals surface area contributed by atoms with Gasteiger partial charge in [-0.15, -0.1) is 0 Å². The van der Waals surface area contributed by atoms with E-state index in [1.54, 1.807) is 17.0 Å². The van der Waals surface area contributed by atoms with Crippen LogP contribution in [0.25, 0.3) is 0 Å². The van der Waals surface area contributed by atoms with Crippen LogP contribution in [-0.2, 0) is 14.8 Å². The highest BCUT2D eigenvalue weighted by Gasteiger charge is 2.44. The number of likely N-dealkylation sites (N-methyl/N-ethyl adjacent to an activating group) is 1. The van der Waals surface area contributed by atoms with Crippen LogP contribution in [0.15, 0.2) is 23.1 Å². The van der Waals surface area contributed by atoms with Crippen molar-refractivity contribution in [2.24, 2.45) is 5.41 Å². The molecule has 1 spiro atoms. The van der Waals surface area contributed by atoms with Crippen LogP contribution in [0.1, 0.15) is 44.9 Å². The second kappa shape index (κ2) is 9.49. The lowest BCUT2D eigenvalue weighted by molar-refractivity contribution is -0.133. The number of anilines is 1. The van der Waals surface area contributed by atoms with Crippen LogP contribution in [-0.4, -0.2) is 81.3 Å². The summed E-state index contributed by atoms with van der Waals surface area (Å²) in [7, 11) is -0.00800. The van der Waals surface area contributed by atoms with E-state index in [9.17, 15) is 13.2 Å². The fraction of sp³-hybridized carbons (Fsp3) is 0.696. The number of halogens is 1. The largest absolute Gasteiger partial charge is 0.382 e. The van der Waals surface area contributed by atoms with Crippen molar-refractivity contribution in [2.45, 2.75) is 55.9 Å². The summed E-state index contributed by atoms with van der Waals surface area (Å²) in [5.41, 5.74) is 1.42. The molecule has 2 aliphatic carbocycles. The van der Waals surface area contributed by atoms with Gasteiger partial charge in [-0.1, -0.05) is 30.9 Å². The van der Waals surface area contributed by atoms with Crippen molar-refractivity contribution in [3.8, 4) is 0 Å². The Morgan fingerprint density at radius 2 is 1.78 bits per heavy atom. The first-order valence-electron chi connectivity index (χ1n) is 11.7. The van der Waals surface area contributed by atoms with Crippen molar-refractivity contribution in [1.82, 2.24) is 14.1 Å². The minimum atomic E-state index is -3.70. The molecule has 0 radical (unpaired) electrons.